The zero-order chi connectivity index (χ0) is 17.9. The van der Waals surface area contributed by atoms with Crippen molar-refractivity contribution in [1.82, 2.24) is 15.2 Å². The fourth-order valence-electron chi connectivity index (χ4n) is 2.52. The number of anilines is 1. The molecule has 0 atom stereocenters. The van der Waals surface area contributed by atoms with E-state index in [0.29, 0.717) is 22.9 Å². The predicted molar refractivity (Wildman–Crippen MR) is 98.9 cm³/mol. The molecule has 0 aliphatic heterocycles. The molecule has 6 nitrogen and oxygen atoms in total. The van der Waals surface area contributed by atoms with Gasteiger partial charge in [0.05, 0.1) is 5.69 Å². The zero-order valence-corrected chi connectivity index (χ0v) is 14.2. The van der Waals surface area contributed by atoms with Crippen LogP contribution >= 0.6 is 11.6 Å². The van der Waals surface area contributed by atoms with Crippen molar-refractivity contribution in [3.05, 3.63) is 77.7 Å². The fraction of sp³-hybridized carbons (Fsp3) is 0. The Labute approximate surface area is 153 Å². The number of para-hydroxylation sites is 1. The Bertz CT molecular complexity index is 1060. The van der Waals surface area contributed by atoms with Crippen LogP contribution in [0.2, 0.25) is 5.22 Å². The van der Waals surface area contributed by atoms with Crippen LogP contribution in [0.15, 0.2) is 71.1 Å². The zero-order valence-electron chi connectivity index (χ0n) is 13.4. The lowest BCUT2D eigenvalue weighted by molar-refractivity contribution is 0.0997. The number of halogens is 1. The van der Waals surface area contributed by atoms with Gasteiger partial charge in [-0.25, -0.2) is 4.98 Å². The average molecular weight is 365 g/mol. The maximum atomic E-state index is 12.3. The van der Waals surface area contributed by atoms with Gasteiger partial charge in [-0.05, 0) is 35.9 Å². The van der Waals surface area contributed by atoms with E-state index in [0.717, 1.165) is 5.56 Å². The standard InChI is InChI=1S/C19H13ClN4O2/c20-16-11-10-15(26-16)19(25)21-14-9-5-4-8-13(14)18-22-17(23-24-18)12-6-2-1-3-7-12/h1-11H,(H,21,25)(H,22,23,24). The summed E-state index contributed by atoms with van der Waals surface area (Å²) in [4.78, 5) is 16.9. The predicted octanol–water partition coefficient (Wildman–Crippen LogP) is 4.64. The normalized spacial score (nSPS) is 10.7. The van der Waals surface area contributed by atoms with Gasteiger partial charge in [0.1, 0.15) is 0 Å². The summed E-state index contributed by atoms with van der Waals surface area (Å²) in [5.41, 5.74) is 2.20. The van der Waals surface area contributed by atoms with E-state index in [4.69, 9.17) is 16.0 Å². The van der Waals surface area contributed by atoms with Gasteiger partial charge in [0, 0.05) is 11.1 Å². The Morgan fingerprint density at radius 2 is 1.77 bits per heavy atom. The molecule has 0 aliphatic carbocycles. The van der Waals surface area contributed by atoms with Crippen LogP contribution in [-0.4, -0.2) is 21.1 Å². The molecule has 7 heteroatoms. The van der Waals surface area contributed by atoms with E-state index < -0.39 is 5.91 Å². The van der Waals surface area contributed by atoms with Crippen LogP contribution in [0.3, 0.4) is 0 Å². The highest BCUT2D eigenvalue weighted by Crippen LogP contribution is 2.27. The van der Waals surface area contributed by atoms with Crippen LogP contribution < -0.4 is 5.32 Å². The first-order valence-electron chi connectivity index (χ1n) is 7.84. The maximum absolute atomic E-state index is 12.3. The fourth-order valence-corrected chi connectivity index (χ4v) is 2.66. The van der Waals surface area contributed by atoms with Gasteiger partial charge >= 0.3 is 0 Å². The van der Waals surface area contributed by atoms with Crippen molar-refractivity contribution in [2.24, 2.45) is 0 Å². The van der Waals surface area contributed by atoms with Gasteiger partial charge < -0.3 is 9.73 Å². The number of nitrogens with zero attached hydrogens (tertiary/aromatic N) is 2. The number of aromatic amines is 1. The number of nitrogens with one attached hydrogen (secondary N) is 2. The lowest BCUT2D eigenvalue weighted by Gasteiger charge is -2.07. The molecule has 2 heterocycles. The largest absolute Gasteiger partial charge is 0.440 e. The minimum atomic E-state index is -0.396. The molecule has 0 fully saturated rings. The van der Waals surface area contributed by atoms with Crippen molar-refractivity contribution >= 4 is 23.2 Å². The van der Waals surface area contributed by atoms with Gasteiger partial charge in [-0.3, -0.25) is 9.89 Å². The number of amides is 1. The van der Waals surface area contributed by atoms with E-state index >= 15 is 0 Å². The highest BCUT2D eigenvalue weighted by molar-refractivity contribution is 6.29. The summed E-state index contributed by atoms with van der Waals surface area (Å²) < 4.78 is 5.14. The number of hydrogen-bond donors (Lipinski definition) is 2. The van der Waals surface area contributed by atoms with E-state index in [2.05, 4.69) is 20.5 Å². The molecule has 4 rings (SSSR count). The first kappa shape index (κ1) is 16.1. The summed E-state index contributed by atoms with van der Waals surface area (Å²) >= 11 is 5.73. The third-order valence-corrected chi connectivity index (χ3v) is 3.95. The summed E-state index contributed by atoms with van der Waals surface area (Å²) in [6.07, 6.45) is 0. The van der Waals surface area contributed by atoms with Crippen LogP contribution in [0.4, 0.5) is 5.69 Å². The highest BCUT2D eigenvalue weighted by atomic mass is 35.5. The second-order valence-corrected chi connectivity index (χ2v) is 5.85. The molecule has 2 aromatic heterocycles. The molecule has 0 radical (unpaired) electrons. The number of rotatable bonds is 4. The van der Waals surface area contributed by atoms with Gasteiger partial charge in [-0.15, -0.1) is 0 Å². The number of carbonyl (C=O) groups excluding carboxylic acids is 1. The van der Waals surface area contributed by atoms with Gasteiger partial charge in [0.2, 0.25) is 0 Å². The van der Waals surface area contributed by atoms with Crippen LogP contribution in [0.1, 0.15) is 10.6 Å². The number of furan rings is 1. The number of carbonyl (C=O) groups is 1. The van der Waals surface area contributed by atoms with Crippen LogP contribution in [0.25, 0.3) is 22.8 Å². The molecule has 2 aromatic carbocycles. The Morgan fingerprint density at radius 1 is 1.00 bits per heavy atom. The van der Waals surface area contributed by atoms with Crippen LogP contribution in [0, 0.1) is 0 Å². The molecule has 128 valence electrons. The molecule has 2 N–H and O–H groups in total. The SMILES string of the molecule is O=C(Nc1ccccc1-c1nc(-c2ccccc2)n[nH]1)c1ccc(Cl)o1. The average Bonchev–Trinajstić information content (AvgIpc) is 3.32. The Morgan fingerprint density at radius 3 is 2.54 bits per heavy atom. The molecule has 0 spiro atoms. The third-order valence-electron chi connectivity index (χ3n) is 3.74. The number of aromatic nitrogens is 3. The van der Waals surface area contributed by atoms with Crippen molar-refractivity contribution in [3.63, 3.8) is 0 Å². The Balaban J connectivity index is 1.64. The maximum Gasteiger partial charge on any atom is 0.291 e. The molecule has 26 heavy (non-hydrogen) atoms. The summed E-state index contributed by atoms with van der Waals surface area (Å²) in [7, 11) is 0. The van der Waals surface area contributed by atoms with Crippen LogP contribution in [0.5, 0.6) is 0 Å². The van der Waals surface area contributed by atoms with E-state index in [9.17, 15) is 4.79 Å². The third kappa shape index (κ3) is 3.22. The first-order valence-corrected chi connectivity index (χ1v) is 8.22. The molecule has 0 saturated carbocycles. The summed E-state index contributed by atoms with van der Waals surface area (Å²) in [6, 6.07) is 20.0. The van der Waals surface area contributed by atoms with E-state index in [1.807, 2.05) is 48.5 Å². The molecule has 1 amide bonds. The quantitative estimate of drug-likeness (QED) is 0.552. The summed E-state index contributed by atoms with van der Waals surface area (Å²) in [5, 5.41) is 10.1. The van der Waals surface area contributed by atoms with Gasteiger partial charge in [0.25, 0.3) is 5.91 Å². The smallest absolute Gasteiger partial charge is 0.291 e. The van der Waals surface area contributed by atoms with Crippen molar-refractivity contribution in [2.75, 3.05) is 5.32 Å². The van der Waals surface area contributed by atoms with E-state index in [1.54, 1.807) is 6.07 Å². The number of H-pyrrole nitrogens is 1. The lowest BCUT2D eigenvalue weighted by atomic mass is 10.1. The second-order valence-electron chi connectivity index (χ2n) is 5.48. The van der Waals surface area contributed by atoms with Crippen molar-refractivity contribution in [3.8, 4) is 22.8 Å². The number of benzene rings is 2. The molecule has 0 aliphatic rings. The Kier molecular flexibility index (Phi) is 4.25. The molecular weight excluding hydrogens is 352 g/mol. The second kappa shape index (κ2) is 6.85. The van der Waals surface area contributed by atoms with Gasteiger partial charge in [0.15, 0.2) is 22.6 Å². The summed E-state index contributed by atoms with van der Waals surface area (Å²) in [6.45, 7) is 0. The van der Waals surface area contributed by atoms with Gasteiger partial charge in [-0.2, -0.15) is 5.10 Å². The minimum absolute atomic E-state index is 0.132. The van der Waals surface area contributed by atoms with Crippen molar-refractivity contribution in [2.45, 2.75) is 0 Å². The molecule has 0 bridgehead atoms. The lowest BCUT2D eigenvalue weighted by Crippen LogP contribution is -2.11. The van der Waals surface area contributed by atoms with E-state index in [1.165, 1.54) is 12.1 Å². The Hall–Kier alpha value is -3.38. The van der Waals surface area contributed by atoms with Gasteiger partial charge in [-0.1, -0.05) is 42.5 Å². The molecular formula is C19H13ClN4O2. The molecule has 4 aromatic rings. The van der Waals surface area contributed by atoms with Crippen molar-refractivity contribution < 1.29 is 9.21 Å². The number of hydrogen-bond acceptors (Lipinski definition) is 4. The summed E-state index contributed by atoms with van der Waals surface area (Å²) in [5.74, 6) is 0.872. The van der Waals surface area contributed by atoms with E-state index in [-0.39, 0.29) is 11.0 Å². The van der Waals surface area contributed by atoms with Crippen LogP contribution in [-0.2, 0) is 0 Å². The first-order chi connectivity index (χ1) is 12.7. The highest BCUT2D eigenvalue weighted by Gasteiger charge is 2.15. The van der Waals surface area contributed by atoms with Crippen molar-refractivity contribution in [1.29, 1.82) is 0 Å². The topological polar surface area (TPSA) is 83.8 Å². The molecule has 0 unspecified atom stereocenters. The minimum Gasteiger partial charge on any atom is -0.440 e. The molecule has 0 saturated heterocycles. The monoisotopic (exact) mass is 364 g/mol.